The number of aromatic amines is 1. The largest absolute Gasteiger partial charge is 0.490 e. The number of halogens is 3. The van der Waals surface area contributed by atoms with Gasteiger partial charge in [0.2, 0.25) is 0 Å². The highest BCUT2D eigenvalue weighted by Gasteiger charge is 2.38. The number of hydrogen-bond acceptors (Lipinski definition) is 7. The third-order valence-corrected chi connectivity index (χ3v) is 8.17. The zero-order chi connectivity index (χ0) is 33.5. The van der Waals surface area contributed by atoms with Crippen molar-refractivity contribution in [3.8, 4) is 11.1 Å². The molecular formula is C32H41F3N6O4. The molecule has 0 spiro atoms. The fourth-order valence-corrected chi connectivity index (χ4v) is 5.72. The minimum Gasteiger partial charge on any atom is -0.475 e. The molecular weight excluding hydrogens is 589 g/mol. The van der Waals surface area contributed by atoms with E-state index < -0.39 is 12.1 Å². The Hall–Kier alpha value is -4.26. The van der Waals surface area contributed by atoms with E-state index in [1.54, 1.807) is 12.4 Å². The van der Waals surface area contributed by atoms with Crippen LogP contribution in [0.15, 0.2) is 41.7 Å². The van der Waals surface area contributed by atoms with Crippen LogP contribution in [0.4, 0.5) is 18.9 Å². The number of benzene rings is 1. The van der Waals surface area contributed by atoms with Crippen LogP contribution >= 0.6 is 0 Å². The predicted octanol–water partition coefficient (Wildman–Crippen LogP) is 5.02. The van der Waals surface area contributed by atoms with Gasteiger partial charge in [-0.2, -0.15) is 13.2 Å². The summed E-state index contributed by atoms with van der Waals surface area (Å²) in [5.41, 5.74) is 6.45. The monoisotopic (exact) mass is 630 g/mol. The van der Waals surface area contributed by atoms with E-state index in [2.05, 4.69) is 57.2 Å². The molecule has 13 heteroatoms. The standard InChI is InChI=1S/C30H40N6O2.C2HF3O2/c1-7-36(25-10-8-24(9-11-25)35(5)6)28-14-22(23-15-31-18-32-16-23)13-26(21(28)4)29(37)33-17-27-19(2)12-20(3)34-30(27)38;3-2(4,5)1(6)7/h12-16,18,24-25H,7-11,17H2,1-6H3,(H,33,37)(H,34,38);(H,6,7). The lowest BCUT2D eigenvalue weighted by Gasteiger charge is -2.40. The molecule has 0 atom stereocenters. The second kappa shape index (κ2) is 15.2. The zero-order valence-electron chi connectivity index (χ0n) is 26.5. The fourth-order valence-electron chi connectivity index (χ4n) is 5.72. The number of rotatable bonds is 8. The Kier molecular flexibility index (Phi) is 11.9. The predicted molar refractivity (Wildman–Crippen MR) is 166 cm³/mol. The molecule has 3 aromatic rings. The van der Waals surface area contributed by atoms with Gasteiger partial charge in [-0.1, -0.05) is 0 Å². The Morgan fingerprint density at radius 2 is 1.58 bits per heavy atom. The molecule has 1 fully saturated rings. The highest BCUT2D eigenvalue weighted by molar-refractivity contribution is 5.98. The van der Waals surface area contributed by atoms with E-state index in [0.717, 1.165) is 65.9 Å². The maximum Gasteiger partial charge on any atom is 0.490 e. The highest BCUT2D eigenvalue weighted by atomic mass is 19.4. The van der Waals surface area contributed by atoms with Gasteiger partial charge in [-0.05, 0) is 102 Å². The van der Waals surface area contributed by atoms with Crippen LogP contribution in [0, 0.1) is 20.8 Å². The summed E-state index contributed by atoms with van der Waals surface area (Å²) < 4.78 is 31.7. The number of carboxylic acids is 1. The molecule has 2 aromatic heterocycles. The summed E-state index contributed by atoms with van der Waals surface area (Å²) in [6.07, 6.45) is 4.54. The molecule has 0 saturated heterocycles. The quantitative estimate of drug-likeness (QED) is 0.316. The number of nitrogens with zero attached hydrogens (tertiary/aromatic N) is 4. The number of aliphatic carboxylic acids is 1. The van der Waals surface area contributed by atoms with Gasteiger partial charge in [-0.3, -0.25) is 9.59 Å². The van der Waals surface area contributed by atoms with Crippen molar-refractivity contribution in [3.05, 3.63) is 75.2 Å². The van der Waals surface area contributed by atoms with Gasteiger partial charge in [-0.15, -0.1) is 0 Å². The highest BCUT2D eigenvalue weighted by Crippen LogP contribution is 2.35. The molecule has 10 nitrogen and oxygen atoms in total. The van der Waals surface area contributed by atoms with E-state index in [1.165, 1.54) is 6.33 Å². The number of hydrogen-bond donors (Lipinski definition) is 3. The zero-order valence-corrected chi connectivity index (χ0v) is 26.5. The lowest BCUT2D eigenvalue weighted by atomic mass is 9.88. The first-order chi connectivity index (χ1) is 21.1. The summed E-state index contributed by atoms with van der Waals surface area (Å²) in [6, 6.07) is 7.04. The van der Waals surface area contributed by atoms with E-state index in [1.807, 2.05) is 32.9 Å². The van der Waals surface area contributed by atoms with Crippen molar-refractivity contribution in [2.24, 2.45) is 0 Å². The molecule has 2 heterocycles. The molecule has 244 valence electrons. The molecule has 1 saturated carbocycles. The van der Waals surface area contributed by atoms with Crippen molar-refractivity contribution in [2.45, 2.75) is 78.2 Å². The number of aryl methyl sites for hydroxylation is 2. The molecule has 1 aromatic carbocycles. The molecule has 4 rings (SSSR count). The van der Waals surface area contributed by atoms with Crippen molar-refractivity contribution in [3.63, 3.8) is 0 Å². The van der Waals surface area contributed by atoms with Gasteiger partial charge in [0.05, 0.1) is 0 Å². The van der Waals surface area contributed by atoms with E-state index in [4.69, 9.17) is 9.90 Å². The molecule has 0 unspecified atom stereocenters. The van der Waals surface area contributed by atoms with E-state index in [0.29, 0.717) is 23.2 Å². The minimum atomic E-state index is -5.08. The van der Waals surface area contributed by atoms with Crippen LogP contribution in [0.5, 0.6) is 0 Å². The van der Waals surface area contributed by atoms with Gasteiger partial charge in [0.25, 0.3) is 11.5 Å². The summed E-state index contributed by atoms with van der Waals surface area (Å²) in [7, 11) is 4.32. The maximum atomic E-state index is 13.6. The van der Waals surface area contributed by atoms with Crippen LogP contribution in [0.25, 0.3) is 11.1 Å². The average molecular weight is 631 g/mol. The van der Waals surface area contributed by atoms with Crippen LogP contribution in [0.1, 0.15) is 65.3 Å². The summed E-state index contributed by atoms with van der Waals surface area (Å²) in [5, 5.41) is 10.1. The lowest BCUT2D eigenvalue weighted by molar-refractivity contribution is -0.192. The summed E-state index contributed by atoms with van der Waals surface area (Å²) in [6.45, 7) is 8.97. The van der Waals surface area contributed by atoms with Crippen LogP contribution in [0.3, 0.4) is 0 Å². The van der Waals surface area contributed by atoms with Crippen LogP contribution in [-0.2, 0) is 11.3 Å². The van der Waals surface area contributed by atoms with Crippen molar-refractivity contribution in [2.75, 3.05) is 25.5 Å². The lowest BCUT2D eigenvalue weighted by Crippen LogP contribution is -2.42. The van der Waals surface area contributed by atoms with E-state index >= 15 is 0 Å². The van der Waals surface area contributed by atoms with Crippen LogP contribution in [-0.4, -0.2) is 75.7 Å². The van der Waals surface area contributed by atoms with Gasteiger partial charge < -0.3 is 25.2 Å². The van der Waals surface area contributed by atoms with Crippen LogP contribution < -0.4 is 15.8 Å². The smallest absolute Gasteiger partial charge is 0.475 e. The number of H-pyrrole nitrogens is 1. The summed E-state index contributed by atoms with van der Waals surface area (Å²) in [5.74, 6) is -2.96. The molecule has 45 heavy (non-hydrogen) atoms. The second-order valence-electron chi connectivity index (χ2n) is 11.4. The Labute approximate surface area is 260 Å². The number of carbonyl (C=O) groups is 2. The first-order valence-corrected chi connectivity index (χ1v) is 14.7. The number of aromatic nitrogens is 3. The Morgan fingerprint density at radius 1 is 1.00 bits per heavy atom. The van der Waals surface area contributed by atoms with Crippen LogP contribution in [0.2, 0.25) is 0 Å². The van der Waals surface area contributed by atoms with E-state index in [-0.39, 0.29) is 18.0 Å². The molecule has 1 aliphatic carbocycles. The first-order valence-electron chi connectivity index (χ1n) is 14.7. The SMILES string of the molecule is CCN(c1cc(-c2cncnc2)cc(C(=O)NCc2c(C)cc(C)[nH]c2=O)c1C)C1CCC(N(C)C)CC1.O=C(O)C(F)(F)F. The van der Waals surface area contributed by atoms with Gasteiger partial charge in [0, 0.05) is 65.6 Å². The number of amides is 1. The van der Waals surface area contributed by atoms with Crippen molar-refractivity contribution >= 4 is 17.6 Å². The van der Waals surface area contributed by atoms with E-state index in [9.17, 15) is 22.8 Å². The minimum absolute atomic E-state index is 0.166. The molecule has 0 radical (unpaired) electrons. The third kappa shape index (κ3) is 9.13. The van der Waals surface area contributed by atoms with Gasteiger partial charge in [0.15, 0.2) is 0 Å². The second-order valence-corrected chi connectivity index (χ2v) is 11.4. The molecule has 3 N–H and O–H groups in total. The van der Waals surface area contributed by atoms with Gasteiger partial charge in [-0.25, -0.2) is 14.8 Å². The Bertz CT molecular complexity index is 1530. The third-order valence-electron chi connectivity index (χ3n) is 8.17. The van der Waals surface area contributed by atoms with Gasteiger partial charge in [0.1, 0.15) is 6.33 Å². The first kappa shape index (κ1) is 35.2. The molecule has 0 bridgehead atoms. The fraction of sp³-hybridized carbons (Fsp3) is 0.469. The number of nitrogens with one attached hydrogen (secondary N) is 2. The average Bonchev–Trinajstić information content (AvgIpc) is 2.98. The number of pyridine rings is 1. The van der Waals surface area contributed by atoms with Crippen molar-refractivity contribution in [1.29, 1.82) is 0 Å². The molecule has 1 amide bonds. The molecule has 0 aliphatic heterocycles. The summed E-state index contributed by atoms with van der Waals surface area (Å²) >= 11 is 0. The van der Waals surface area contributed by atoms with Crippen molar-refractivity contribution in [1.82, 2.24) is 25.2 Å². The number of carbonyl (C=O) groups excluding carboxylic acids is 1. The summed E-state index contributed by atoms with van der Waals surface area (Å²) in [4.78, 5) is 51.0. The Morgan fingerprint density at radius 3 is 2.09 bits per heavy atom. The maximum absolute atomic E-state index is 13.6. The van der Waals surface area contributed by atoms with Crippen molar-refractivity contribution < 1.29 is 27.9 Å². The van der Waals surface area contributed by atoms with Gasteiger partial charge >= 0.3 is 12.1 Å². The number of anilines is 1. The normalized spacial score (nSPS) is 16.5. The Balaban J connectivity index is 0.000000707. The number of alkyl halides is 3. The number of carboxylic acid groups (broad SMARTS) is 1. The molecule has 1 aliphatic rings. The topological polar surface area (TPSA) is 132 Å².